The molecule has 0 aliphatic heterocycles. The van der Waals surface area contributed by atoms with Crippen LogP contribution in [0.4, 0.5) is 27.6 Å². The average molecular weight is 334 g/mol. The van der Waals surface area contributed by atoms with Crippen LogP contribution >= 0.6 is 11.6 Å². The summed E-state index contributed by atoms with van der Waals surface area (Å²) in [6.45, 7) is -1.15. The van der Waals surface area contributed by atoms with E-state index in [2.05, 4.69) is 4.74 Å². The SMILES string of the molecule is O=C(OCc1cccc(Cl)c1[N+](=O)[O-])C(F)(F)C(F)(F)F. The van der Waals surface area contributed by atoms with Crippen molar-refractivity contribution in [2.75, 3.05) is 0 Å². The number of benzene rings is 1. The fourth-order valence-corrected chi connectivity index (χ4v) is 1.49. The van der Waals surface area contributed by atoms with E-state index in [1.807, 2.05) is 0 Å². The van der Waals surface area contributed by atoms with Crippen molar-refractivity contribution in [1.82, 2.24) is 0 Å². The fraction of sp³-hybridized carbons (Fsp3) is 0.300. The van der Waals surface area contributed by atoms with E-state index in [-0.39, 0.29) is 5.02 Å². The lowest BCUT2D eigenvalue weighted by molar-refractivity contribution is -0.385. The number of carbonyl (C=O) groups excluding carboxylic acids is 1. The first-order valence-electron chi connectivity index (χ1n) is 5.02. The molecule has 0 unspecified atom stereocenters. The third kappa shape index (κ3) is 3.57. The number of hydrogen-bond acceptors (Lipinski definition) is 4. The zero-order valence-electron chi connectivity index (χ0n) is 9.79. The fourth-order valence-electron chi connectivity index (χ4n) is 1.23. The summed E-state index contributed by atoms with van der Waals surface area (Å²) in [7, 11) is 0. The minimum atomic E-state index is -6.12. The van der Waals surface area contributed by atoms with E-state index in [0.29, 0.717) is 0 Å². The van der Waals surface area contributed by atoms with Crippen LogP contribution < -0.4 is 0 Å². The number of esters is 1. The zero-order chi connectivity index (χ0) is 16.4. The number of halogens is 6. The van der Waals surface area contributed by atoms with Gasteiger partial charge in [-0.25, -0.2) is 4.79 Å². The summed E-state index contributed by atoms with van der Waals surface area (Å²) in [6, 6.07) is 3.29. The topological polar surface area (TPSA) is 69.4 Å². The zero-order valence-corrected chi connectivity index (χ0v) is 10.5. The molecule has 0 radical (unpaired) electrons. The van der Waals surface area contributed by atoms with E-state index in [4.69, 9.17) is 11.6 Å². The molecule has 0 spiro atoms. The molecule has 1 rings (SSSR count). The highest BCUT2D eigenvalue weighted by molar-refractivity contribution is 6.32. The molecule has 0 aliphatic rings. The van der Waals surface area contributed by atoms with Gasteiger partial charge in [0.15, 0.2) is 0 Å². The average Bonchev–Trinajstić information content (AvgIpc) is 2.33. The van der Waals surface area contributed by atoms with Gasteiger partial charge < -0.3 is 4.74 Å². The van der Waals surface area contributed by atoms with Gasteiger partial charge >= 0.3 is 18.1 Å². The van der Waals surface area contributed by atoms with Crippen LogP contribution in [0.5, 0.6) is 0 Å². The maximum atomic E-state index is 12.6. The maximum absolute atomic E-state index is 12.6. The Morgan fingerprint density at radius 1 is 1.29 bits per heavy atom. The monoisotopic (exact) mass is 333 g/mol. The van der Waals surface area contributed by atoms with Crippen LogP contribution in [-0.2, 0) is 16.1 Å². The Labute approximate surface area is 118 Å². The number of nitrogens with zero attached hydrogens (tertiary/aromatic N) is 1. The summed E-state index contributed by atoms with van der Waals surface area (Å²) in [5, 5.41) is 10.3. The molecule has 5 nitrogen and oxygen atoms in total. The van der Waals surface area contributed by atoms with Gasteiger partial charge in [-0.2, -0.15) is 22.0 Å². The summed E-state index contributed by atoms with van der Waals surface area (Å²) in [5.74, 6) is -8.57. The van der Waals surface area contributed by atoms with Crippen molar-refractivity contribution in [1.29, 1.82) is 0 Å². The summed E-state index contributed by atoms with van der Waals surface area (Å²) in [4.78, 5) is 20.5. The second kappa shape index (κ2) is 5.80. The molecule has 1 aromatic rings. The first-order chi connectivity index (χ1) is 9.48. The van der Waals surface area contributed by atoms with Gasteiger partial charge in [0.05, 0.1) is 10.5 Å². The molecule has 0 aliphatic carbocycles. The van der Waals surface area contributed by atoms with Crippen molar-refractivity contribution >= 4 is 23.3 Å². The molecule has 0 N–H and O–H groups in total. The largest absolute Gasteiger partial charge is 0.465 e. The lowest BCUT2D eigenvalue weighted by Crippen LogP contribution is -2.45. The van der Waals surface area contributed by atoms with E-state index < -0.39 is 40.8 Å². The maximum Gasteiger partial charge on any atom is 0.465 e. The van der Waals surface area contributed by atoms with Crippen LogP contribution in [0.15, 0.2) is 18.2 Å². The Kier molecular flexibility index (Phi) is 4.72. The van der Waals surface area contributed by atoms with Crippen LogP contribution in [0.25, 0.3) is 0 Å². The number of ether oxygens (including phenoxy) is 1. The molecule has 0 amide bonds. The van der Waals surface area contributed by atoms with Gasteiger partial charge in [-0.15, -0.1) is 0 Å². The minimum absolute atomic E-state index is 0.379. The second-order valence-corrected chi connectivity index (χ2v) is 4.06. The van der Waals surface area contributed by atoms with E-state index in [9.17, 15) is 36.9 Å². The molecule has 11 heteroatoms. The molecular formula is C10H5ClF5NO4. The first-order valence-corrected chi connectivity index (χ1v) is 5.40. The second-order valence-electron chi connectivity index (χ2n) is 3.65. The molecule has 0 atom stereocenters. The molecule has 0 saturated heterocycles. The number of nitro benzene ring substituents is 1. The number of alkyl halides is 5. The molecule has 0 fully saturated rings. The molecule has 116 valence electrons. The molecule has 0 heterocycles. The van der Waals surface area contributed by atoms with Gasteiger partial charge in [-0.05, 0) is 12.1 Å². The smallest absolute Gasteiger partial charge is 0.456 e. The Morgan fingerprint density at radius 3 is 2.33 bits per heavy atom. The van der Waals surface area contributed by atoms with Gasteiger partial charge in [0, 0.05) is 0 Å². The molecule has 1 aromatic carbocycles. The van der Waals surface area contributed by atoms with Crippen LogP contribution in [0, 0.1) is 10.1 Å². The van der Waals surface area contributed by atoms with Crippen LogP contribution in [0.2, 0.25) is 5.02 Å². The third-order valence-electron chi connectivity index (χ3n) is 2.22. The first kappa shape index (κ1) is 17.1. The van der Waals surface area contributed by atoms with Crippen molar-refractivity contribution in [3.05, 3.63) is 38.9 Å². The van der Waals surface area contributed by atoms with Crippen molar-refractivity contribution in [3.63, 3.8) is 0 Å². The standard InChI is InChI=1S/C10H5ClF5NO4/c11-6-3-1-2-5(7(6)17(19)20)4-21-8(18)9(12,13)10(14,15)16/h1-3H,4H2. The molecular weight excluding hydrogens is 329 g/mol. The van der Waals surface area contributed by atoms with Gasteiger partial charge in [-0.1, -0.05) is 17.7 Å². The number of rotatable bonds is 4. The normalized spacial score (nSPS) is 12.1. The highest BCUT2D eigenvalue weighted by Crippen LogP contribution is 2.37. The van der Waals surface area contributed by atoms with Crippen LogP contribution in [-0.4, -0.2) is 23.0 Å². The lowest BCUT2D eigenvalue weighted by atomic mass is 10.2. The third-order valence-corrected chi connectivity index (χ3v) is 2.53. The number of nitro groups is 1. The summed E-state index contributed by atoms with van der Waals surface area (Å²) in [6.07, 6.45) is -6.12. The van der Waals surface area contributed by atoms with Crippen molar-refractivity contribution in [2.45, 2.75) is 18.7 Å². The van der Waals surface area contributed by atoms with E-state index in [0.717, 1.165) is 12.1 Å². The molecule has 21 heavy (non-hydrogen) atoms. The summed E-state index contributed by atoms with van der Waals surface area (Å²) in [5.41, 5.74) is -1.17. The van der Waals surface area contributed by atoms with Crippen molar-refractivity contribution in [3.8, 4) is 0 Å². The van der Waals surface area contributed by atoms with Crippen molar-refractivity contribution in [2.24, 2.45) is 0 Å². The molecule has 0 bridgehead atoms. The Balaban J connectivity index is 2.93. The lowest BCUT2D eigenvalue weighted by Gasteiger charge is -2.17. The minimum Gasteiger partial charge on any atom is -0.456 e. The van der Waals surface area contributed by atoms with Gasteiger partial charge in [0.2, 0.25) is 0 Å². The Bertz CT molecular complexity index is 575. The van der Waals surface area contributed by atoms with Crippen molar-refractivity contribution < 1.29 is 36.4 Å². The number of hydrogen-bond donors (Lipinski definition) is 0. The molecule has 0 saturated carbocycles. The van der Waals surface area contributed by atoms with E-state index >= 15 is 0 Å². The van der Waals surface area contributed by atoms with E-state index in [1.54, 1.807) is 0 Å². The van der Waals surface area contributed by atoms with Gasteiger partial charge in [0.25, 0.3) is 5.69 Å². The molecule has 0 aromatic heterocycles. The number of para-hydroxylation sites is 1. The Morgan fingerprint density at radius 2 is 1.86 bits per heavy atom. The Hall–Kier alpha value is -1.97. The summed E-state index contributed by atoms with van der Waals surface area (Å²) >= 11 is 5.49. The summed E-state index contributed by atoms with van der Waals surface area (Å²) < 4.78 is 64.7. The van der Waals surface area contributed by atoms with Gasteiger partial charge in [-0.3, -0.25) is 10.1 Å². The highest BCUT2D eigenvalue weighted by atomic mass is 35.5. The highest BCUT2D eigenvalue weighted by Gasteiger charge is 2.64. The van der Waals surface area contributed by atoms with Crippen LogP contribution in [0.1, 0.15) is 5.56 Å². The number of carbonyl (C=O) groups is 1. The predicted octanol–water partition coefficient (Wildman–Crippen LogP) is 3.49. The predicted molar refractivity (Wildman–Crippen MR) is 58.9 cm³/mol. The van der Waals surface area contributed by atoms with Crippen LogP contribution in [0.3, 0.4) is 0 Å². The van der Waals surface area contributed by atoms with Gasteiger partial charge in [0.1, 0.15) is 11.6 Å². The van der Waals surface area contributed by atoms with E-state index in [1.165, 1.54) is 6.07 Å². The quantitative estimate of drug-likeness (QED) is 0.366.